The van der Waals surface area contributed by atoms with E-state index >= 15 is 0 Å². The van der Waals surface area contributed by atoms with Crippen LogP contribution in [-0.2, 0) is 4.79 Å². The fourth-order valence-electron chi connectivity index (χ4n) is 1.82. The maximum atomic E-state index is 12.2. The van der Waals surface area contributed by atoms with Crippen LogP contribution in [0.5, 0.6) is 0 Å². The van der Waals surface area contributed by atoms with Crippen molar-refractivity contribution in [3.63, 3.8) is 0 Å². The van der Waals surface area contributed by atoms with E-state index in [-0.39, 0.29) is 5.91 Å². The highest BCUT2D eigenvalue weighted by Gasteiger charge is 2.31. The monoisotopic (exact) mass is 251 g/mol. The molecule has 6 nitrogen and oxygen atoms in total. The van der Waals surface area contributed by atoms with Crippen molar-refractivity contribution < 1.29 is 4.79 Å². The molecule has 1 aromatic heterocycles. The second kappa shape index (κ2) is 5.07. The number of rotatable bonds is 5. The Morgan fingerprint density at radius 2 is 2.44 bits per heavy atom. The Labute approximate surface area is 107 Å². The molecule has 1 fully saturated rings. The number of aromatic nitrogens is 2. The molecule has 2 rings (SSSR count). The zero-order valence-corrected chi connectivity index (χ0v) is 10.9. The van der Waals surface area contributed by atoms with E-state index in [4.69, 9.17) is 5.73 Å². The highest BCUT2D eigenvalue weighted by Crippen LogP contribution is 2.23. The number of carbonyl (C=O) groups excluding carboxylic acids is 1. The number of nitrogens with two attached hydrogens (primary N) is 1. The fourth-order valence-corrected chi connectivity index (χ4v) is 1.82. The van der Waals surface area contributed by atoms with Crippen molar-refractivity contribution in [2.45, 2.75) is 26.3 Å². The molecule has 4 N–H and O–H groups in total. The third kappa shape index (κ3) is 2.26. The van der Waals surface area contributed by atoms with Crippen LogP contribution in [0.25, 0.3) is 0 Å². The lowest BCUT2D eigenvalue weighted by Gasteiger charge is -2.30. The quantitative estimate of drug-likeness (QED) is 0.704. The van der Waals surface area contributed by atoms with Crippen molar-refractivity contribution >= 4 is 11.7 Å². The Morgan fingerprint density at radius 3 is 2.94 bits per heavy atom. The Bertz CT molecular complexity index is 420. The molecule has 1 atom stereocenters. The average Bonchev–Trinajstić information content (AvgIpc) is 2.74. The summed E-state index contributed by atoms with van der Waals surface area (Å²) in [5.74, 6) is 0.709. The third-order valence-corrected chi connectivity index (χ3v) is 3.80. The van der Waals surface area contributed by atoms with Crippen LogP contribution in [0.1, 0.15) is 26.3 Å². The van der Waals surface area contributed by atoms with Crippen LogP contribution in [0.2, 0.25) is 0 Å². The molecule has 1 aliphatic heterocycles. The topological polar surface area (TPSA) is 85.0 Å². The zero-order chi connectivity index (χ0) is 13.2. The summed E-state index contributed by atoms with van der Waals surface area (Å²) in [5.41, 5.74) is 5.17. The second-order valence-corrected chi connectivity index (χ2v) is 5.05. The van der Waals surface area contributed by atoms with Crippen molar-refractivity contribution in [3.8, 4) is 0 Å². The summed E-state index contributed by atoms with van der Waals surface area (Å²) in [6.07, 6.45) is 2.42. The molecule has 0 bridgehead atoms. The molecule has 100 valence electrons. The van der Waals surface area contributed by atoms with Gasteiger partial charge < -0.3 is 16.4 Å². The van der Waals surface area contributed by atoms with Crippen LogP contribution in [0.3, 0.4) is 0 Å². The van der Waals surface area contributed by atoms with Gasteiger partial charge in [0.25, 0.3) is 0 Å². The highest BCUT2D eigenvalue weighted by molar-refractivity contribution is 5.94. The van der Waals surface area contributed by atoms with Gasteiger partial charge in [0.05, 0.1) is 17.7 Å². The van der Waals surface area contributed by atoms with Crippen LogP contribution in [0, 0.1) is 5.41 Å². The number of hydrogen-bond donors (Lipinski definition) is 3. The Hall–Kier alpha value is -1.40. The number of amides is 1. The van der Waals surface area contributed by atoms with Crippen LogP contribution >= 0.6 is 0 Å². The van der Waals surface area contributed by atoms with Crippen molar-refractivity contribution in [1.29, 1.82) is 0 Å². The van der Waals surface area contributed by atoms with Gasteiger partial charge >= 0.3 is 0 Å². The maximum Gasteiger partial charge on any atom is 0.232 e. The van der Waals surface area contributed by atoms with Crippen LogP contribution in [0.15, 0.2) is 12.3 Å². The molecular weight excluding hydrogens is 230 g/mol. The Morgan fingerprint density at radius 1 is 1.72 bits per heavy atom. The molecule has 0 radical (unpaired) electrons. The molecule has 1 aromatic rings. The van der Waals surface area contributed by atoms with Gasteiger partial charge in [0, 0.05) is 25.7 Å². The molecule has 0 aliphatic carbocycles. The van der Waals surface area contributed by atoms with Gasteiger partial charge in [0.1, 0.15) is 5.82 Å². The first kappa shape index (κ1) is 13.0. The van der Waals surface area contributed by atoms with E-state index in [9.17, 15) is 4.79 Å². The molecule has 1 saturated heterocycles. The SMILES string of the molecule is CCC(C)(CN)C(=O)Nc1ccnn1C1CNC1. The van der Waals surface area contributed by atoms with Crippen molar-refractivity contribution in [1.82, 2.24) is 15.1 Å². The fraction of sp³-hybridized carbons (Fsp3) is 0.667. The zero-order valence-electron chi connectivity index (χ0n) is 10.9. The first-order chi connectivity index (χ1) is 8.60. The normalized spacial score (nSPS) is 19.1. The van der Waals surface area contributed by atoms with Gasteiger partial charge in [-0.25, -0.2) is 4.68 Å². The largest absolute Gasteiger partial charge is 0.329 e. The highest BCUT2D eigenvalue weighted by atomic mass is 16.2. The van der Waals surface area contributed by atoms with Crippen molar-refractivity contribution in [2.24, 2.45) is 11.1 Å². The lowest BCUT2D eigenvalue weighted by molar-refractivity contribution is -0.124. The molecule has 1 aliphatic rings. The summed E-state index contributed by atoms with van der Waals surface area (Å²) in [6.45, 7) is 5.99. The molecule has 0 aromatic carbocycles. The molecule has 1 amide bonds. The van der Waals surface area contributed by atoms with Gasteiger partial charge in [-0.05, 0) is 13.3 Å². The minimum atomic E-state index is -0.521. The van der Waals surface area contributed by atoms with E-state index in [0.29, 0.717) is 19.0 Å². The van der Waals surface area contributed by atoms with Gasteiger partial charge in [-0.1, -0.05) is 6.92 Å². The van der Waals surface area contributed by atoms with Crippen molar-refractivity contribution in [3.05, 3.63) is 12.3 Å². The van der Waals surface area contributed by atoms with Crippen molar-refractivity contribution in [2.75, 3.05) is 25.0 Å². The predicted molar refractivity (Wildman–Crippen MR) is 70.2 cm³/mol. The minimum Gasteiger partial charge on any atom is -0.329 e. The average molecular weight is 251 g/mol. The summed E-state index contributed by atoms with van der Waals surface area (Å²) in [5, 5.41) is 10.4. The third-order valence-electron chi connectivity index (χ3n) is 3.80. The first-order valence-corrected chi connectivity index (χ1v) is 6.36. The second-order valence-electron chi connectivity index (χ2n) is 5.05. The van der Waals surface area contributed by atoms with Crippen LogP contribution in [0.4, 0.5) is 5.82 Å². The Balaban J connectivity index is 2.09. The van der Waals surface area contributed by atoms with E-state index in [2.05, 4.69) is 15.7 Å². The summed E-state index contributed by atoms with van der Waals surface area (Å²) in [7, 11) is 0. The molecule has 6 heteroatoms. The molecule has 18 heavy (non-hydrogen) atoms. The Kier molecular flexibility index (Phi) is 3.68. The lowest BCUT2D eigenvalue weighted by atomic mass is 9.87. The summed E-state index contributed by atoms with van der Waals surface area (Å²) >= 11 is 0. The maximum absolute atomic E-state index is 12.2. The standard InChI is InChI=1S/C12H21N5O/c1-3-12(2,8-13)11(18)16-10-4-5-15-17(10)9-6-14-7-9/h4-5,9,14H,3,6-8,13H2,1-2H3,(H,16,18). The minimum absolute atomic E-state index is 0.0402. The van der Waals surface area contributed by atoms with Gasteiger partial charge in [-0.2, -0.15) is 5.10 Å². The summed E-state index contributed by atoms with van der Waals surface area (Å²) in [4.78, 5) is 12.2. The predicted octanol–water partition coefficient (Wildman–Crippen LogP) is 0.341. The van der Waals surface area contributed by atoms with Crippen LogP contribution in [-0.4, -0.2) is 35.3 Å². The number of hydrogen-bond acceptors (Lipinski definition) is 4. The van der Waals surface area contributed by atoms with Gasteiger partial charge in [0.2, 0.25) is 5.91 Å². The number of anilines is 1. The molecule has 0 saturated carbocycles. The smallest absolute Gasteiger partial charge is 0.232 e. The van der Waals surface area contributed by atoms with E-state index in [0.717, 1.165) is 18.9 Å². The molecule has 2 heterocycles. The number of nitrogens with zero attached hydrogens (tertiary/aromatic N) is 2. The van der Waals surface area contributed by atoms with Gasteiger partial charge in [-0.3, -0.25) is 4.79 Å². The summed E-state index contributed by atoms with van der Waals surface area (Å²) < 4.78 is 1.86. The van der Waals surface area contributed by atoms with Gasteiger partial charge in [0.15, 0.2) is 0 Å². The van der Waals surface area contributed by atoms with E-state index < -0.39 is 5.41 Å². The summed E-state index contributed by atoms with van der Waals surface area (Å²) in [6, 6.07) is 2.16. The number of carbonyl (C=O) groups is 1. The molecule has 0 spiro atoms. The number of nitrogens with one attached hydrogen (secondary N) is 2. The van der Waals surface area contributed by atoms with Crippen LogP contribution < -0.4 is 16.4 Å². The van der Waals surface area contributed by atoms with Gasteiger partial charge in [-0.15, -0.1) is 0 Å². The first-order valence-electron chi connectivity index (χ1n) is 6.36. The molecular formula is C12H21N5O. The molecule has 1 unspecified atom stereocenters. The van der Waals surface area contributed by atoms with E-state index in [1.807, 2.05) is 24.6 Å². The van der Waals surface area contributed by atoms with E-state index in [1.54, 1.807) is 6.20 Å². The lowest BCUT2D eigenvalue weighted by Crippen LogP contribution is -2.45. The van der Waals surface area contributed by atoms with E-state index in [1.165, 1.54) is 0 Å².